The van der Waals surface area contributed by atoms with E-state index in [9.17, 15) is 4.79 Å². The van der Waals surface area contributed by atoms with Crippen molar-refractivity contribution in [3.8, 4) is 0 Å². The van der Waals surface area contributed by atoms with Crippen LogP contribution in [-0.4, -0.2) is 22.9 Å². The van der Waals surface area contributed by atoms with E-state index in [4.69, 9.17) is 11.6 Å². The summed E-state index contributed by atoms with van der Waals surface area (Å²) in [4.78, 5) is 21.9. The Labute approximate surface area is 114 Å². The van der Waals surface area contributed by atoms with Crippen LogP contribution in [0.1, 0.15) is 10.7 Å². The molecule has 0 aliphatic heterocycles. The number of amides is 1. The molecule has 0 saturated carbocycles. The highest BCUT2D eigenvalue weighted by molar-refractivity contribution is 7.09. The zero-order valence-corrected chi connectivity index (χ0v) is 11.4. The number of hydrogen-bond acceptors (Lipinski definition) is 4. The molecule has 0 N–H and O–H groups in total. The summed E-state index contributed by atoms with van der Waals surface area (Å²) in [5.41, 5.74) is 1.59. The van der Waals surface area contributed by atoms with Crippen molar-refractivity contribution >= 4 is 34.5 Å². The molecule has 2 heterocycles. The highest BCUT2D eigenvalue weighted by atomic mass is 35.5. The van der Waals surface area contributed by atoms with Crippen molar-refractivity contribution in [2.24, 2.45) is 0 Å². The molecule has 1 amide bonds. The van der Waals surface area contributed by atoms with Gasteiger partial charge in [-0.05, 0) is 12.1 Å². The Morgan fingerprint density at radius 1 is 1.56 bits per heavy atom. The topological polar surface area (TPSA) is 46.1 Å². The molecule has 0 aromatic carbocycles. The molecule has 0 spiro atoms. The number of nitrogens with zero attached hydrogens (tertiary/aromatic N) is 3. The van der Waals surface area contributed by atoms with Gasteiger partial charge in [0.15, 0.2) is 0 Å². The van der Waals surface area contributed by atoms with Gasteiger partial charge in [0.2, 0.25) is 5.91 Å². The van der Waals surface area contributed by atoms with Crippen LogP contribution in [-0.2, 0) is 17.1 Å². The van der Waals surface area contributed by atoms with Crippen molar-refractivity contribution in [2.75, 3.05) is 11.9 Å². The van der Waals surface area contributed by atoms with Crippen LogP contribution in [0.15, 0.2) is 29.9 Å². The van der Waals surface area contributed by atoms with E-state index >= 15 is 0 Å². The quantitative estimate of drug-likeness (QED) is 0.809. The maximum Gasteiger partial charge on any atom is 0.233 e. The van der Waals surface area contributed by atoms with E-state index in [2.05, 4.69) is 9.97 Å². The average molecular weight is 282 g/mol. The molecule has 6 heteroatoms. The lowest BCUT2D eigenvalue weighted by molar-refractivity contribution is -0.117. The van der Waals surface area contributed by atoms with Gasteiger partial charge in [0.25, 0.3) is 0 Å². The number of carbonyl (C=O) groups is 1. The maximum absolute atomic E-state index is 12.0. The lowest BCUT2D eigenvalue weighted by Gasteiger charge is -2.15. The summed E-state index contributed by atoms with van der Waals surface area (Å²) in [6, 6.07) is 3.64. The molecule has 2 aromatic rings. The molecule has 0 saturated heterocycles. The SMILES string of the molecule is CN(C(=O)Cc1nc(CCl)cs1)c1cccnc1. The minimum atomic E-state index is -0.0153. The van der Waals surface area contributed by atoms with Gasteiger partial charge in [0.1, 0.15) is 5.01 Å². The van der Waals surface area contributed by atoms with E-state index in [1.807, 2.05) is 11.4 Å². The minimum absolute atomic E-state index is 0.0153. The third kappa shape index (κ3) is 3.05. The first kappa shape index (κ1) is 13.0. The monoisotopic (exact) mass is 281 g/mol. The van der Waals surface area contributed by atoms with Crippen LogP contribution < -0.4 is 4.90 Å². The lowest BCUT2D eigenvalue weighted by Crippen LogP contribution is -2.27. The normalized spacial score (nSPS) is 10.3. The number of anilines is 1. The van der Waals surface area contributed by atoms with Gasteiger partial charge in [-0.25, -0.2) is 4.98 Å². The predicted octanol–water partition coefficient (Wildman–Crippen LogP) is 2.48. The molecule has 2 aromatic heterocycles. The van der Waals surface area contributed by atoms with Gasteiger partial charge in [-0.2, -0.15) is 0 Å². The van der Waals surface area contributed by atoms with Crippen LogP contribution in [0.25, 0.3) is 0 Å². The molecule has 2 rings (SSSR count). The number of likely N-dealkylation sites (N-methyl/N-ethyl adjacent to an activating group) is 1. The molecule has 18 heavy (non-hydrogen) atoms. The number of alkyl halides is 1. The standard InChI is InChI=1S/C12H12ClN3OS/c1-16(10-3-2-4-14-7-10)12(17)5-11-15-9(6-13)8-18-11/h2-4,7-8H,5-6H2,1H3. The third-order valence-electron chi connectivity index (χ3n) is 2.45. The molecule has 4 nitrogen and oxygen atoms in total. The predicted molar refractivity (Wildman–Crippen MR) is 73.0 cm³/mol. The van der Waals surface area contributed by atoms with Crippen molar-refractivity contribution in [3.05, 3.63) is 40.6 Å². The molecule has 0 aliphatic carbocycles. The number of rotatable bonds is 4. The van der Waals surface area contributed by atoms with Gasteiger partial charge in [0.05, 0.1) is 29.9 Å². The molecule has 0 aliphatic rings. The summed E-state index contributed by atoms with van der Waals surface area (Å²) < 4.78 is 0. The van der Waals surface area contributed by atoms with Gasteiger partial charge in [-0.1, -0.05) is 0 Å². The van der Waals surface area contributed by atoms with Gasteiger partial charge in [-0.15, -0.1) is 22.9 Å². The van der Waals surface area contributed by atoms with Crippen LogP contribution in [0.3, 0.4) is 0 Å². The summed E-state index contributed by atoms with van der Waals surface area (Å²) >= 11 is 7.13. The smallest absolute Gasteiger partial charge is 0.233 e. The molecule has 0 bridgehead atoms. The summed E-state index contributed by atoms with van der Waals surface area (Å²) in [6.07, 6.45) is 3.62. The van der Waals surface area contributed by atoms with Crippen molar-refractivity contribution in [1.82, 2.24) is 9.97 Å². The first-order valence-corrected chi connectivity index (χ1v) is 6.78. The van der Waals surface area contributed by atoms with Crippen LogP contribution in [0.4, 0.5) is 5.69 Å². The summed E-state index contributed by atoms with van der Waals surface area (Å²) in [7, 11) is 1.73. The van der Waals surface area contributed by atoms with E-state index < -0.39 is 0 Å². The number of aromatic nitrogens is 2. The highest BCUT2D eigenvalue weighted by Crippen LogP contribution is 2.15. The van der Waals surface area contributed by atoms with Gasteiger partial charge in [-0.3, -0.25) is 9.78 Å². The third-order valence-corrected chi connectivity index (χ3v) is 3.62. The zero-order valence-electron chi connectivity index (χ0n) is 9.84. The Morgan fingerprint density at radius 3 is 3.00 bits per heavy atom. The van der Waals surface area contributed by atoms with Crippen LogP contribution in [0.2, 0.25) is 0 Å². The number of halogens is 1. The Morgan fingerprint density at radius 2 is 2.39 bits per heavy atom. The molecular formula is C12H12ClN3OS. The molecular weight excluding hydrogens is 270 g/mol. The minimum Gasteiger partial charge on any atom is -0.314 e. The second-order valence-corrected chi connectivity index (χ2v) is 4.92. The molecule has 0 fully saturated rings. The molecule has 0 unspecified atom stereocenters. The van der Waals surface area contributed by atoms with E-state index in [-0.39, 0.29) is 12.3 Å². The second kappa shape index (κ2) is 5.93. The Hall–Kier alpha value is -1.46. The van der Waals surface area contributed by atoms with Crippen molar-refractivity contribution in [2.45, 2.75) is 12.3 Å². The average Bonchev–Trinajstić information content (AvgIpc) is 2.86. The largest absolute Gasteiger partial charge is 0.314 e. The fraction of sp³-hybridized carbons (Fsp3) is 0.250. The first-order chi connectivity index (χ1) is 8.70. The number of carbonyl (C=O) groups excluding carboxylic acids is 1. The second-order valence-electron chi connectivity index (χ2n) is 3.71. The van der Waals surface area contributed by atoms with Gasteiger partial charge < -0.3 is 4.90 Å². The van der Waals surface area contributed by atoms with Crippen molar-refractivity contribution in [1.29, 1.82) is 0 Å². The highest BCUT2D eigenvalue weighted by Gasteiger charge is 2.13. The first-order valence-electron chi connectivity index (χ1n) is 5.36. The number of thiazole rings is 1. The van der Waals surface area contributed by atoms with E-state index in [0.29, 0.717) is 5.88 Å². The zero-order chi connectivity index (χ0) is 13.0. The van der Waals surface area contributed by atoms with E-state index in [1.165, 1.54) is 11.3 Å². The van der Waals surface area contributed by atoms with Crippen molar-refractivity contribution in [3.63, 3.8) is 0 Å². The fourth-order valence-electron chi connectivity index (χ4n) is 1.44. The summed E-state index contributed by atoms with van der Waals surface area (Å²) in [6.45, 7) is 0. The van der Waals surface area contributed by atoms with E-state index in [0.717, 1.165) is 16.4 Å². The molecule has 0 atom stereocenters. The van der Waals surface area contributed by atoms with Crippen LogP contribution in [0.5, 0.6) is 0 Å². The fourth-order valence-corrected chi connectivity index (χ4v) is 2.45. The van der Waals surface area contributed by atoms with Crippen LogP contribution in [0, 0.1) is 0 Å². The molecule has 94 valence electrons. The Balaban J connectivity index is 2.04. The Bertz CT molecular complexity index is 529. The van der Waals surface area contributed by atoms with Gasteiger partial charge in [0, 0.05) is 18.6 Å². The molecule has 0 radical (unpaired) electrons. The van der Waals surface area contributed by atoms with Gasteiger partial charge >= 0.3 is 0 Å². The maximum atomic E-state index is 12.0. The summed E-state index contributed by atoms with van der Waals surface area (Å²) in [5, 5.41) is 2.66. The van der Waals surface area contributed by atoms with Crippen molar-refractivity contribution < 1.29 is 4.79 Å². The van der Waals surface area contributed by atoms with Crippen LogP contribution >= 0.6 is 22.9 Å². The van der Waals surface area contributed by atoms with E-state index in [1.54, 1.807) is 30.4 Å². The Kier molecular flexibility index (Phi) is 4.28. The number of hydrogen-bond donors (Lipinski definition) is 0. The number of pyridine rings is 1. The lowest BCUT2D eigenvalue weighted by atomic mass is 10.3. The summed E-state index contributed by atoms with van der Waals surface area (Å²) in [5.74, 6) is 0.363.